The van der Waals surface area contributed by atoms with Crippen molar-refractivity contribution in [2.24, 2.45) is 0 Å². The van der Waals surface area contributed by atoms with Crippen molar-refractivity contribution in [2.75, 3.05) is 0 Å². The number of hydrogen-bond donors (Lipinski definition) is 2. The lowest BCUT2D eigenvalue weighted by atomic mass is 10.2. The number of benzene rings is 1. The van der Waals surface area contributed by atoms with E-state index in [4.69, 9.17) is 0 Å². The lowest BCUT2D eigenvalue weighted by molar-refractivity contribution is 0.0946. The number of aromatic amines is 1. The average molecular weight is 314 g/mol. The standard InChI is InChI=1S/C15H13N3O3S/c19-15(14-7-11-9-16-6-5-13(11)18-14)17-8-10-1-3-12(4-2-10)22(20)21/h1-7,9,18H,8H2,(H,17,19)(H,20,21)/p-1. The zero-order chi connectivity index (χ0) is 15.5. The van der Waals surface area contributed by atoms with Crippen LogP contribution in [0.25, 0.3) is 10.9 Å². The Morgan fingerprint density at radius 1 is 1.27 bits per heavy atom. The maximum absolute atomic E-state index is 12.1. The van der Waals surface area contributed by atoms with E-state index < -0.39 is 11.1 Å². The number of nitrogens with one attached hydrogen (secondary N) is 2. The third kappa shape index (κ3) is 3.05. The Morgan fingerprint density at radius 2 is 2.05 bits per heavy atom. The quantitative estimate of drug-likeness (QED) is 0.717. The first kappa shape index (κ1) is 14.4. The van der Waals surface area contributed by atoms with Gasteiger partial charge in [-0.05, 0) is 40.9 Å². The van der Waals surface area contributed by atoms with Crippen LogP contribution >= 0.6 is 0 Å². The van der Waals surface area contributed by atoms with E-state index in [9.17, 15) is 13.6 Å². The zero-order valence-electron chi connectivity index (χ0n) is 11.4. The van der Waals surface area contributed by atoms with Crippen molar-refractivity contribution in [3.05, 3.63) is 60.0 Å². The van der Waals surface area contributed by atoms with Gasteiger partial charge in [-0.1, -0.05) is 12.1 Å². The minimum Gasteiger partial charge on any atom is -0.768 e. The maximum Gasteiger partial charge on any atom is 0.267 e. The summed E-state index contributed by atoms with van der Waals surface area (Å²) in [6.45, 7) is 0.318. The molecule has 2 aromatic heterocycles. The molecule has 22 heavy (non-hydrogen) atoms. The number of aromatic nitrogens is 2. The Hall–Kier alpha value is -2.51. The SMILES string of the molecule is O=C(NCc1ccc(S(=O)[O-])cc1)c1cc2cnccc2[nH]1. The van der Waals surface area contributed by atoms with E-state index in [1.807, 2.05) is 0 Å². The molecule has 6 nitrogen and oxygen atoms in total. The molecule has 0 aliphatic carbocycles. The molecule has 112 valence electrons. The Morgan fingerprint density at radius 3 is 2.73 bits per heavy atom. The molecule has 0 fully saturated rings. The lowest BCUT2D eigenvalue weighted by Gasteiger charge is -2.07. The predicted molar refractivity (Wildman–Crippen MR) is 80.9 cm³/mol. The van der Waals surface area contributed by atoms with Gasteiger partial charge in [0.1, 0.15) is 5.69 Å². The molecule has 1 unspecified atom stereocenters. The van der Waals surface area contributed by atoms with Gasteiger partial charge in [-0.2, -0.15) is 0 Å². The van der Waals surface area contributed by atoms with Gasteiger partial charge in [0, 0.05) is 34.7 Å². The molecule has 3 rings (SSSR count). The van der Waals surface area contributed by atoms with E-state index in [0.717, 1.165) is 16.5 Å². The molecule has 0 radical (unpaired) electrons. The number of amides is 1. The number of H-pyrrole nitrogens is 1. The number of carbonyl (C=O) groups excluding carboxylic acids is 1. The molecule has 0 saturated carbocycles. The largest absolute Gasteiger partial charge is 0.768 e. The van der Waals surface area contributed by atoms with Crippen LogP contribution in [0.1, 0.15) is 16.1 Å². The number of nitrogens with zero attached hydrogens (tertiary/aromatic N) is 1. The second-order valence-corrected chi connectivity index (χ2v) is 5.65. The molecule has 2 N–H and O–H groups in total. The summed E-state index contributed by atoms with van der Waals surface area (Å²) < 4.78 is 21.5. The highest BCUT2D eigenvalue weighted by Gasteiger charge is 2.09. The summed E-state index contributed by atoms with van der Waals surface area (Å²) in [5.41, 5.74) is 2.13. The monoisotopic (exact) mass is 314 g/mol. The molecule has 7 heteroatoms. The number of hydrogen-bond acceptors (Lipinski definition) is 4. The molecule has 2 heterocycles. The van der Waals surface area contributed by atoms with Crippen LogP contribution in [0.4, 0.5) is 0 Å². The molecule has 0 spiro atoms. The molecule has 1 aromatic carbocycles. The zero-order valence-corrected chi connectivity index (χ0v) is 12.2. The topological polar surface area (TPSA) is 97.9 Å². The molecule has 1 amide bonds. The van der Waals surface area contributed by atoms with Crippen LogP contribution in [0.2, 0.25) is 0 Å². The van der Waals surface area contributed by atoms with Crippen LogP contribution in [0.5, 0.6) is 0 Å². The molecule has 0 bridgehead atoms. The number of fused-ring (bicyclic) bond motifs is 1. The maximum atomic E-state index is 12.1. The van der Waals surface area contributed by atoms with E-state index in [-0.39, 0.29) is 10.8 Å². The summed E-state index contributed by atoms with van der Waals surface area (Å²) >= 11 is -2.24. The Kier molecular flexibility index (Phi) is 3.99. The Bertz CT molecular complexity index is 810. The van der Waals surface area contributed by atoms with Crippen molar-refractivity contribution in [2.45, 2.75) is 11.4 Å². The highest BCUT2D eigenvalue weighted by Crippen LogP contribution is 2.13. The van der Waals surface area contributed by atoms with E-state index in [2.05, 4.69) is 15.3 Å². The van der Waals surface area contributed by atoms with Crippen molar-refractivity contribution in [1.82, 2.24) is 15.3 Å². The van der Waals surface area contributed by atoms with Crippen molar-refractivity contribution < 1.29 is 13.6 Å². The van der Waals surface area contributed by atoms with Crippen LogP contribution in [0.15, 0.2) is 53.7 Å². The van der Waals surface area contributed by atoms with Gasteiger partial charge in [-0.25, -0.2) is 0 Å². The van der Waals surface area contributed by atoms with E-state index in [1.54, 1.807) is 36.7 Å². The summed E-state index contributed by atoms with van der Waals surface area (Å²) in [5, 5.41) is 3.65. The van der Waals surface area contributed by atoms with Crippen molar-refractivity contribution in [3.63, 3.8) is 0 Å². The summed E-state index contributed by atoms with van der Waals surface area (Å²) in [6, 6.07) is 9.87. The number of pyridine rings is 1. The normalized spacial score (nSPS) is 12.2. The average Bonchev–Trinajstić information content (AvgIpc) is 2.97. The Labute approximate surface area is 128 Å². The molecule has 1 atom stereocenters. The minimum atomic E-state index is -2.24. The third-order valence-corrected chi connectivity index (χ3v) is 3.89. The lowest BCUT2D eigenvalue weighted by Crippen LogP contribution is -2.23. The first-order chi connectivity index (χ1) is 10.6. The second-order valence-electron chi connectivity index (χ2n) is 4.71. The summed E-state index contributed by atoms with van der Waals surface area (Å²) in [5.74, 6) is -0.229. The van der Waals surface area contributed by atoms with Gasteiger partial charge in [-0.3, -0.25) is 14.0 Å². The fraction of sp³-hybridized carbons (Fsp3) is 0.0667. The molecule has 3 aromatic rings. The van der Waals surface area contributed by atoms with Crippen LogP contribution < -0.4 is 5.32 Å². The van der Waals surface area contributed by atoms with E-state index in [1.165, 1.54) is 12.1 Å². The molecule has 0 saturated heterocycles. The second kappa shape index (κ2) is 6.08. The van der Waals surface area contributed by atoms with Gasteiger partial charge in [-0.15, -0.1) is 0 Å². The van der Waals surface area contributed by atoms with Gasteiger partial charge in [0.15, 0.2) is 0 Å². The smallest absolute Gasteiger partial charge is 0.267 e. The fourth-order valence-corrected chi connectivity index (χ4v) is 2.45. The van der Waals surface area contributed by atoms with E-state index in [0.29, 0.717) is 12.2 Å². The first-order valence-electron chi connectivity index (χ1n) is 6.52. The number of rotatable bonds is 4. The van der Waals surface area contributed by atoms with Crippen molar-refractivity contribution in [3.8, 4) is 0 Å². The van der Waals surface area contributed by atoms with Gasteiger partial charge < -0.3 is 14.9 Å². The van der Waals surface area contributed by atoms with Crippen LogP contribution in [-0.4, -0.2) is 24.6 Å². The molecule has 0 aliphatic rings. The number of carbonyl (C=O) groups is 1. The molecule has 0 aliphatic heterocycles. The van der Waals surface area contributed by atoms with Gasteiger partial charge in [0.25, 0.3) is 5.91 Å². The third-order valence-electron chi connectivity index (χ3n) is 3.23. The predicted octanol–water partition coefficient (Wildman–Crippen LogP) is 1.73. The van der Waals surface area contributed by atoms with Crippen LogP contribution in [0.3, 0.4) is 0 Å². The summed E-state index contributed by atoms with van der Waals surface area (Å²) in [4.78, 5) is 19.3. The highest BCUT2D eigenvalue weighted by molar-refractivity contribution is 7.79. The molecular formula is C15H12N3O3S-. The van der Waals surface area contributed by atoms with Gasteiger partial charge in [0.05, 0.1) is 0 Å². The highest BCUT2D eigenvalue weighted by atomic mass is 32.2. The van der Waals surface area contributed by atoms with Gasteiger partial charge >= 0.3 is 0 Å². The van der Waals surface area contributed by atoms with Crippen molar-refractivity contribution in [1.29, 1.82) is 0 Å². The Balaban J connectivity index is 1.67. The summed E-state index contributed by atoms with van der Waals surface area (Å²) in [6.07, 6.45) is 3.34. The first-order valence-corrected chi connectivity index (χ1v) is 7.60. The fourth-order valence-electron chi connectivity index (χ4n) is 2.09. The van der Waals surface area contributed by atoms with Gasteiger partial charge in [0.2, 0.25) is 0 Å². The van der Waals surface area contributed by atoms with Crippen LogP contribution in [-0.2, 0) is 17.6 Å². The van der Waals surface area contributed by atoms with E-state index >= 15 is 0 Å². The molecular weight excluding hydrogens is 302 g/mol. The summed E-state index contributed by atoms with van der Waals surface area (Å²) in [7, 11) is 0. The minimum absolute atomic E-state index is 0.221. The van der Waals surface area contributed by atoms with Crippen LogP contribution in [0, 0.1) is 0 Å². The van der Waals surface area contributed by atoms with Crippen molar-refractivity contribution >= 4 is 27.9 Å².